The Hall–Kier alpha value is -2.75. The summed E-state index contributed by atoms with van der Waals surface area (Å²) in [5.74, 6) is 0.113. The van der Waals surface area contributed by atoms with Gasteiger partial charge in [-0.25, -0.2) is 0 Å². The van der Waals surface area contributed by atoms with Gasteiger partial charge in [0.15, 0.2) is 5.78 Å². The Morgan fingerprint density at radius 3 is 1.60 bits per heavy atom. The fourth-order valence-corrected chi connectivity index (χ4v) is 4.33. The lowest BCUT2D eigenvalue weighted by Gasteiger charge is -2.46. The molecule has 0 N–H and O–H groups in total. The van der Waals surface area contributed by atoms with Gasteiger partial charge in [-0.15, -0.1) is 5.11 Å². The van der Waals surface area contributed by atoms with Crippen LogP contribution in [-0.4, -0.2) is 22.9 Å². The number of ketones is 1. The molecule has 1 aliphatic rings. The van der Waals surface area contributed by atoms with Crippen LogP contribution in [0.1, 0.15) is 59.6 Å². The highest BCUT2D eigenvalue weighted by atomic mass is 16.1. The Morgan fingerprint density at radius 1 is 0.800 bits per heavy atom. The summed E-state index contributed by atoms with van der Waals surface area (Å²) in [4.78, 5) is 13.9. The van der Waals surface area contributed by atoms with Gasteiger partial charge in [-0.05, 0) is 44.2 Å². The maximum Gasteiger partial charge on any atom is 0.182 e. The quantitative estimate of drug-likeness (QED) is 0.417. The van der Waals surface area contributed by atoms with E-state index in [-0.39, 0.29) is 23.3 Å². The molecule has 3 rings (SSSR count). The van der Waals surface area contributed by atoms with Crippen molar-refractivity contribution in [3.8, 4) is 0 Å². The summed E-state index contributed by atoms with van der Waals surface area (Å²) in [5.41, 5.74) is 2.13. The molecule has 2 aromatic carbocycles. The van der Waals surface area contributed by atoms with E-state index in [0.717, 1.165) is 22.4 Å². The van der Waals surface area contributed by atoms with Crippen molar-refractivity contribution in [1.82, 2.24) is 5.01 Å². The first kappa shape index (κ1) is 21.9. The lowest BCUT2D eigenvalue weighted by atomic mass is 9.54. The topological polar surface area (TPSA) is 45.0 Å². The van der Waals surface area contributed by atoms with E-state index in [0.29, 0.717) is 0 Å². The van der Waals surface area contributed by atoms with E-state index in [2.05, 4.69) is 53.7 Å². The van der Waals surface area contributed by atoms with Gasteiger partial charge in [0.25, 0.3) is 0 Å². The molecule has 0 fully saturated rings. The number of benzene rings is 2. The predicted molar refractivity (Wildman–Crippen MR) is 122 cm³/mol. The van der Waals surface area contributed by atoms with Crippen molar-refractivity contribution in [3.63, 3.8) is 0 Å². The molecule has 0 heterocycles. The van der Waals surface area contributed by atoms with Gasteiger partial charge in [-0.3, -0.25) is 9.80 Å². The molecule has 0 saturated heterocycles. The molecule has 0 spiro atoms. The fraction of sp³-hybridized carbons (Fsp3) is 0.423. The Kier molecular flexibility index (Phi) is 5.98. The fourth-order valence-electron chi connectivity index (χ4n) is 4.33. The Morgan fingerprint density at radius 2 is 1.23 bits per heavy atom. The van der Waals surface area contributed by atoms with Gasteiger partial charge in [0.05, 0.1) is 5.70 Å². The summed E-state index contributed by atoms with van der Waals surface area (Å²) < 4.78 is 0. The third kappa shape index (κ3) is 3.60. The van der Waals surface area contributed by atoms with Crippen LogP contribution in [0.15, 0.2) is 82.3 Å². The minimum absolute atomic E-state index is 0.113. The minimum atomic E-state index is -0.922. The Balaban J connectivity index is 2.29. The van der Waals surface area contributed by atoms with Crippen LogP contribution in [0, 0.1) is 5.41 Å². The SMILES string of the molecule is CC(C)N(N=NC1=C(C(C)(C)C)C(=O)C1(c1ccccc1)c1ccccc1)C(C)C. The Bertz CT molecular complexity index is 903. The summed E-state index contributed by atoms with van der Waals surface area (Å²) in [7, 11) is 0. The van der Waals surface area contributed by atoms with E-state index in [4.69, 9.17) is 5.11 Å². The van der Waals surface area contributed by atoms with E-state index in [1.165, 1.54) is 0 Å². The highest BCUT2D eigenvalue weighted by Gasteiger charge is 2.59. The predicted octanol–water partition coefficient (Wildman–Crippen LogP) is 6.34. The van der Waals surface area contributed by atoms with E-state index < -0.39 is 5.41 Å². The first-order chi connectivity index (χ1) is 14.1. The molecular weight excluding hydrogens is 370 g/mol. The number of hydrogen-bond donors (Lipinski definition) is 0. The second kappa shape index (κ2) is 8.17. The number of Topliss-reactive ketones (excluding diaryl/α,β-unsaturated/α-hetero) is 1. The number of rotatable bonds is 6. The van der Waals surface area contributed by atoms with Crippen molar-refractivity contribution >= 4 is 5.78 Å². The van der Waals surface area contributed by atoms with E-state index in [1.807, 2.05) is 65.7 Å². The molecule has 0 atom stereocenters. The summed E-state index contributed by atoms with van der Waals surface area (Å²) >= 11 is 0. The normalized spacial score (nSPS) is 16.5. The maximum atomic E-state index is 13.9. The summed E-state index contributed by atoms with van der Waals surface area (Å²) in [6, 6.07) is 20.3. The summed E-state index contributed by atoms with van der Waals surface area (Å²) in [6.45, 7) is 14.6. The Labute approximate surface area is 180 Å². The molecule has 0 saturated carbocycles. The van der Waals surface area contributed by atoms with E-state index in [1.54, 1.807) is 0 Å². The lowest BCUT2D eigenvalue weighted by molar-refractivity contribution is -0.122. The zero-order valence-corrected chi connectivity index (χ0v) is 19.2. The van der Waals surface area contributed by atoms with E-state index >= 15 is 0 Å². The van der Waals surface area contributed by atoms with E-state index in [9.17, 15) is 4.79 Å². The van der Waals surface area contributed by atoms with Crippen LogP contribution in [0.25, 0.3) is 0 Å². The zero-order valence-electron chi connectivity index (χ0n) is 19.2. The van der Waals surface area contributed by atoms with Gasteiger partial charge in [0, 0.05) is 17.7 Å². The van der Waals surface area contributed by atoms with Crippen LogP contribution in [0.3, 0.4) is 0 Å². The van der Waals surface area contributed by atoms with Crippen LogP contribution in [0.2, 0.25) is 0 Å². The maximum absolute atomic E-state index is 13.9. The third-order valence-corrected chi connectivity index (χ3v) is 5.63. The molecule has 30 heavy (non-hydrogen) atoms. The molecule has 1 aliphatic carbocycles. The first-order valence-corrected chi connectivity index (χ1v) is 10.7. The van der Waals surface area contributed by atoms with Crippen LogP contribution in [0.5, 0.6) is 0 Å². The van der Waals surface area contributed by atoms with Crippen molar-refractivity contribution < 1.29 is 4.79 Å². The highest BCUT2D eigenvalue weighted by molar-refractivity contribution is 6.17. The second-order valence-corrected chi connectivity index (χ2v) is 9.54. The molecule has 0 unspecified atom stereocenters. The van der Waals surface area contributed by atoms with Gasteiger partial charge in [0.2, 0.25) is 0 Å². The van der Waals surface area contributed by atoms with Crippen LogP contribution in [-0.2, 0) is 10.2 Å². The van der Waals surface area contributed by atoms with Gasteiger partial charge in [-0.2, -0.15) is 0 Å². The number of nitrogens with zero attached hydrogens (tertiary/aromatic N) is 3. The van der Waals surface area contributed by atoms with Crippen LogP contribution < -0.4 is 0 Å². The smallest absolute Gasteiger partial charge is 0.182 e. The molecule has 0 amide bonds. The summed E-state index contributed by atoms with van der Waals surface area (Å²) in [6.07, 6.45) is 0. The monoisotopic (exact) mass is 403 g/mol. The molecule has 4 nitrogen and oxygen atoms in total. The average molecular weight is 404 g/mol. The molecule has 0 aromatic heterocycles. The number of carbonyl (C=O) groups excluding carboxylic acids is 1. The molecule has 158 valence electrons. The third-order valence-electron chi connectivity index (χ3n) is 5.63. The molecule has 2 aromatic rings. The zero-order chi connectivity index (χ0) is 22.1. The first-order valence-electron chi connectivity index (χ1n) is 10.7. The molecule has 4 heteroatoms. The number of allylic oxidation sites excluding steroid dienone is 2. The second-order valence-electron chi connectivity index (χ2n) is 9.54. The van der Waals surface area contributed by atoms with Gasteiger partial charge in [0.1, 0.15) is 5.41 Å². The lowest BCUT2D eigenvalue weighted by Crippen LogP contribution is -2.52. The molecular formula is C26H33N3O. The van der Waals surface area contributed by atoms with Crippen molar-refractivity contribution in [2.24, 2.45) is 15.8 Å². The number of carbonyl (C=O) groups is 1. The van der Waals surface area contributed by atoms with Gasteiger partial charge >= 0.3 is 0 Å². The standard InChI is InChI=1S/C26H33N3O/c1-18(2)29(19(3)4)28-27-23-22(25(5,6)7)24(30)26(23,20-14-10-8-11-15-20)21-16-12-9-13-17-21/h8-19H,1-7H3. The summed E-state index contributed by atoms with van der Waals surface area (Å²) in [5, 5.41) is 11.4. The van der Waals surface area contributed by atoms with Crippen molar-refractivity contribution in [1.29, 1.82) is 0 Å². The molecule has 0 radical (unpaired) electrons. The molecule has 0 aliphatic heterocycles. The van der Waals surface area contributed by atoms with Crippen LogP contribution in [0.4, 0.5) is 0 Å². The van der Waals surface area contributed by atoms with Crippen LogP contribution >= 0.6 is 0 Å². The van der Waals surface area contributed by atoms with Gasteiger partial charge < -0.3 is 0 Å². The van der Waals surface area contributed by atoms with Crippen molar-refractivity contribution in [2.45, 2.75) is 66.0 Å². The van der Waals surface area contributed by atoms with Gasteiger partial charge in [-0.1, -0.05) is 86.7 Å². The van der Waals surface area contributed by atoms with Crippen molar-refractivity contribution in [2.75, 3.05) is 0 Å². The number of hydrogen-bond acceptors (Lipinski definition) is 3. The highest BCUT2D eigenvalue weighted by Crippen LogP contribution is 2.55. The largest absolute Gasteiger partial charge is 0.293 e. The van der Waals surface area contributed by atoms with Crippen molar-refractivity contribution in [3.05, 3.63) is 83.1 Å². The minimum Gasteiger partial charge on any atom is -0.293 e. The molecule has 0 bridgehead atoms. The average Bonchev–Trinajstić information content (AvgIpc) is 2.67.